The van der Waals surface area contributed by atoms with Crippen LogP contribution in [0, 0.1) is 6.92 Å². The molecular weight excluding hydrogens is 204 g/mol. The van der Waals surface area contributed by atoms with Crippen molar-refractivity contribution in [2.45, 2.75) is 57.4 Å². The number of aryl methyl sites for hydroxylation is 1. The highest BCUT2D eigenvalue weighted by Crippen LogP contribution is 2.28. The molecule has 2 fully saturated rings. The van der Waals surface area contributed by atoms with E-state index in [1.54, 1.807) is 0 Å². The molecule has 1 N–H and O–H groups in total. The lowest BCUT2D eigenvalue weighted by molar-refractivity contribution is 0.00668. The number of piperidine rings is 1. The highest BCUT2D eigenvalue weighted by molar-refractivity contribution is 5.02. The van der Waals surface area contributed by atoms with Gasteiger partial charge in [0.05, 0.1) is 12.7 Å². The summed E-state index contributed by atoms with van der Waals surface area (Å²) in [6.07, 6.45) is 5.32. The summed E-state index contributed by atoms with van der Waals surface area (Å²) >= 11 is 0. The first-order valence-corrected chi connectivity index (χ1v) is 6.09. The third-order valence-electron chi connectivity index (χ3n) is 3.57. The van der Waals surface area contributed by atoms with E-state index in [2.05, 4.69) is 10.5 Å². The molecule has 88 valence electrons. The third kappa shape index (κ3) is 2.13. The minimum Gasteiger partial charge on any atom is -0.372 e. The highest BCUT2D eigenvalue weighted by Gasteiger charge is 2.33. The van der Waals surface area contributed by atoms with Crippen molar-refractivity contribution >= 4 is 0 Å². The molecule has 0 unspecified atom stereocenters. The van der Waals surface area contributed by atoms with Crippen LogP contribution in [0.15, 0.2) is 10.6 Å². The van der Waals surface area contributed by atoms with Crippen LogP contribution >= 0.6 is 0 Å². The molecule has 2 saturated heterocycles. The molecule has 2 aliphatic heterocycles. The average Bonchev–Trinajstić information content (AvgIpc) is 2.83. The largest absolute Gasteiger partial charge is 0.372 e. The van der Waals surface area contributed by atoms with E-state index < -0.39 is 0 Å². The lowest BCUT2D eigenvalue weighted by Crippen LogP contribution is -2.41. The maximum atomic E-state index is 5.90. The van der Waals surface area contributed by atoms with E-state index in [4.69, 9.17) is 9.26 Å². The maximum Gasteiger partial charge on any atom is 0.134 e. The van der Waals surface area contributed by atoms with Gasteiger partial charge in [0.25, 0.3) is 0 Å². The van der Waals surface area contributed by atoms with Gasteiger partial charge in [0.1, 0.15) is 11.5 Å². The first kappa shape index (κ1) is 10.3. The Bertz CT molecular complexity index is 352. The van der Waals surface area contributed by atoms with E-state index in [1.807, 2.05) is 13.0 Å². The Morgan fingerprint density at radius 2 is 2.19 bits per heavy atom. The van der Waals surface area contributed by atoms with Crippen molar-refractivity contribution in [1.82, 2.24) is 10.5 Å². The predicted octanol–water partition coefficient (Wildman–Crippen LogP) is 1.78. The van der Waals surface area contributed by atoms with Crippen LogP contribution in [0.25, 0.3) is 0 Å². The smallest absolute Gasteiger partial charge is 0.134 e. The summed E-state index contributed by atoms with van der Waals surface area (Å²) in [5.74, 6) is 0.851. The fourth-order valence-electron chi connectivity index (χ4n) is 2.83. The molecule has 3 rings (SSSR count). The van der Waals surface area contributed by atoms with E-state index in [0.717, 1.165) is 24.3 Å². The van der Waals surface area contributed by atoms with Gasteiger partial charge in [0, 0.05) is 18.2 Å². The van der Waals surface area contributed by atoms with Crippen LogP contribution in [0.1, 0.15) is 37.1 Å². The summed E-state index contributed by atoms with van der Waals surface area (Å²) in [7, 11) is 0. The highest BCUT2D eigenvalue weighted by atomic mass is 16.5. The van der Waals surface area contributed by atoms with Crippen LogP contribution < -0.4 is 5.32 Å². The van der Waals surface area contributed by atoms with Crippen LogP contribution in [0.3, 0.4) is 0 Å². The number of nitrogens with zero attached hydrogens (tertiary/aromatic N) is 1. The molecule has 0 amide bonds. The summed E-state index contributed by atoms with van der Waals surface area (Å²) in [6.45, 7) is 2.49. The van der Waals surface area contributed by atoms with Crippen molar-refractivity contribution in [2.24, 2.45) is 0 Å². The molecule has 0 aromatic carbocycles. The third-order valence-corrected chi connectivity index (χ3v) is 3.57. The van der Waals surface area contributed by atoms with E-state index in [9.17, 15) is 0 Å². The van der Waals surface area contributed by atoms with Gasteiger partial charge in [0.15, 0.2) is 0 Å². The van der Waals surface area contributed by atoms with Crippen molar-refractivity contribution < 1.29 is 9.26 Å². The van der Waals surface area contributed by atoms with Gasteiger partial charge in [-0.3, -0.25) is 0 Å². The van der Waals surface area contributed by atoms with E-state index in [-0.39, 0.29) is 0 Å². The Labute approximate surface area is 95.3 Å². The second kappa shape index (κ2) is 4.18. The average molecular weight is 222 g/mol. The second-order valence-electron chi connectivity index (χ2n) is 4.97. The number of fused-ring (bicyclic) bond motifs is 2. The molecule has 16 heavy (non-hydrogen) atoms. The number of aromatic nitrogens is 1. The van der Waals surface area contributed by atoms with Crippen LogP contribution in [0.5, 0.6) is 0 Å². The zero-order valence-corrected chi connectivity index (χ0v) is 9.61. The van der Waals surface area contributed by atoms with Crippen molar-refractivity contribution in [1.29, 1.82) is 0 Å². The Kier molecular flexibility index (Phi) is 2.69. The number of hydrogen-bond donors (Lipinski definition) is 1. The summed E-state index contributed by atoms with van der Waals surface area (Å²) < 4.78 is 10.9. The fourth-order valence-corrected chi connectivity index (χ4v) is 2.83. The van der Waals surface area contributed by atoms with Crippen molar-refractivity contribution in [3.63, 3.8) is 0 Å². The minimum atomic E-state index is 0.399. The van der Waals surface area contributed by atoms with Crippen LogP contribution in [-0.2, 0) is 11.3 Å². The monoisotopic (exact) mass is 222 g/mol. The Morgan fingerprint density at radius 1 is 1.44 bits per heavy atom. The molecular formula is C12H18N2O2. The normalized spacial score (nSPS) is 33.2. The summed E-state index contributed by atoms with van der Waals surface area (Å²) in [6, 6.07) is 3.31. The topological polar surface area (TPSA) is 47.3 Å². The number of ether oxygens (including phenoxy) is 1. The van der Waals surface area contributed by atoms with Gasteiger partial charge < -0.3 is 14.6 Å². The second-order valence-corrected chi connectivity index (χ2v) is 4.97. The molecule has 4 heteroatoms. The lowest BCUT2D eigenvalue weighted by atomic mass is 10.0. The van der Waals surface area contributed by atoms with Crippen molar-refractivity contribution in [3.05, 3.63) is 17.5 Å². The molecule has 0 saturated carbocycles. The maximum absolute atomic E-state index is 5.90. The summed E-state index contributed by atoms with van der Waals surface area (Å²) in [5.41, 5.74) is 0.906. The molecule has 3 atom stereocenters. The quantitative estimate of drug-likeness (QED) is 0.847. The number of nitrogens with one attached hydrogen (secondary N) is 1. The van der Waals surface area contributed by atoms with Gasteiger partial charge in [0.2, 0.25) is 0 Å². The predicted molar refractivity (Wildman–Crippen MR) is 59.0 cm³/mol. The zero-order chi connectivity index (χ0) is 11.0. The van der Waals surface area contributed by atoms with E-state index in [0.29, 0.717) is 24.8 Å². The first-order valence-electron chi connectivity index (χ1n) is 6.09. The molecule has 2 bridgehead atoms. The van der Waals surface area contributed by atoms with Crippen LogP contribution in [0.4, 0.5) is 0 Å². The van der Waals surface area contributed by atoms with Gasteiger partial charge in [-0.15, -0.1) is 0 Å². The lowest BCUT2D eigenvalue weighted by Gasteiger charge is -2.28. The fraction of sp³-hybridized carbons (Fsp3) is 0.750. The van der Waals surface area contributed by atoms with Crippen LogP contribution in [0.2, 0.25) is 0 Å². The molecule has 4 nitrogen and oxygen atoms in total. The van der Waals surface area contributed by atoms with Crippen molar-refractivity contribution in [2.75, 3.05) is 0 Å². The summed E-state index contributed by atoms with van der Waals surface area (Å²) in [5, 5.41) is 7.55. The Balaban J connectivity index is 1.52. The van der Waals surface area contributed by atoms with Crippen LogP contribution in [-0.4, -0.2) is 23.3 Å². The molecule has 1 aromatic rings. The molecule has 0 spiro atoms. The van der Waals surface area contributed by atoms with Gasteiger partial charge in [-0.1, -0.05) is 5.16 Å². The molecule has 2 aliphatic rings. The Morgan fingerprint density at radius 3 is 2.81 bits per heavy atom. The number of hydrogen-bond acceptors (Lipinski definition) is 4. The SMILES string of the molecule is Cc1cc(CO[C@H]2C[C@H]3CC[C@@H](C2)N3)no1. The molecule has 1 aromatic heterocycles. The minimum absolute atomic E-state index is 0.399. The number of rotatable bonds is 3. The van der Waals surface area contributed by atoms with Gasteiger partial charge in [-0.2, -0.15) is 0 Å². The summed E-state index contributed by atoms with van der Waals surface area (Å²) in [4.78, 5) is 0. The van der Waals surface area contributed by atoms with Crippen molar-refractivity contribution in [3.8, 4) is 0 Å². The standard InChI is InChI=1S/C12H18N2O2/c1-8-4-11(14-16-8)7-15-12-5-9-2-3-10(6-12)13-9/h4,9-10,12-13H,2-3,5-7H2,1H3/t9-,10+,12+. The molecule has 0 aliphatic carbocycles. The molecule has 0 radical (unpaired) electrons. The van der Waals surface area contributed by atoms with E-state index >= 15 is 0 Å². The zero-order valence-electron chi connectivity index (χ0n) is 9.61. The molecule has 3 heterocycles. The van der Waals surface area contributed by atoms with Gasteiger partial charge in [-0.25, -0.2) is 0 Å². The van der Waals surface area contributed by atoms with Gasteiger partial charge in [-0.05, 0) is 32.6 Å². The van der Waals surface area contributed by atoms with Gasteiger partial charge >= 0.3 is 0 Å². The Hall–Kier alpha value is -0.870. The van der Waals surface area contributed by atoms with E-state index in [1.165, 1.54) is 12.8 Å². The first-order chi connectivity index (χ1) is 7.79.